The number of carbonyl (C=O) groups is 2. The van der Waals surface area contributed by atoms with E-state index >= 15 is 0 Å². The SMILES string of the molecule is CC(=O)N[C@@H](CS(=O)Cc1ccc(F)c(Br)c1)C(=O)O. The van der Waals surface area contributed by atoms with E-state index in [4.69, 9.17) is 5.11 Å². The molecule has 110 valence electrons. The topological polar surface area (TPSA) is 83.5 Å². The van der Waals surface area contributed by atoms with E-state index < -0.39 is 34.5 Å². The Bertz CT molecular complexity index is 552. The number of carbonyl (C=O) groups excluding carboxylic acids is 1. The number of nitrogens with one attached hydrogen (secondary N) is 1. The fourth-order valence-electron chi connectivity index (χ4n) is 1.48. The van der Waals surface area contributed by atoms with Crippen LogP contribution in [0.15, 0.2) is 22.7 Å². The molecule has 2 N–H and O–H groups in total. The highest BCUT2D eigenvalue weighted by Gasteiger charge is 2.21. The number of aliphatic carboxylic acids is 1. The molecule has 0 heterocycles. The highest BCUT2D eigenvalue weighted by molar-refractivity contribution is 9.10. The maximum Gasteiger partial charge on any atom is 0.327 e. The number of rotatable bonds is 6. The van der Waals surface area contributed by atoms with Crippen molar-refractivity contribution in [2.45, 2.75) is 18.7 Å². The minimum Gasteiger partial charge on any atom is -0.480 e. The Morgan fingerprint density at radius 1 is 1.50 bits per heavy atom. The summed E-state index contributed by atoms with van der Waals surface area (Å²) in [5, 5.41) is 11.1. The molecule has 5 nitrogen and oxygen atoms in total. The van der Waals surface area contributed by atoms with Gasteiger partial charge < -0.3 is 10.4 Å². The Morgan fingerprint density at radius 3 is 2.65 bits per heavy atom. The molecule has 1 aromatic rings. The second-order valence-corrected chi connectivity index (χ2v) is 6.45. The number of carboxylic acid groups (broad SMARTS) is 1. The Morgan fingerprint density at radius 2 is 2.15 bits per heavy atom. The van der Waals surface area contributed by atoms with Crippen LogP contribution >= 0.6 is 15.9 Å². The van der Waals surface area contributed by atoms with Gasteiger partial charge in [0.15, 0.2) is 0 Å². The average Bonchev–Trinajstić information content (AvgIpc) is 2.32. The third kappa shape index (κ3) is 5.38. The van der Waals surface area contributed by atoms with Crippen LogP contribution in [0.3, 0.4) is 0 Å². The summed E-state index contributed by atoms with van der Waals surface area (Å²) in [5.41, 5.74) is 0.614. The lowest BCUT2D eigenvalue weighted by Crippen LogP contribution is -2.43. The van der Waals surface area contributed by atoms with Gasteiger partial charge in [0.1, 0.15) is 11.9 Å². The van der Waals surface area contributed by atoms with Gasteiger partial charge in [0, 0.05) is 23.5 Å². The lowest BCUT2D eigenvalue weighted by Gasteiger charge is -2.12. The largest absolute Gasteiger partial charge is 0.480 e. The summed E-state index contributed by atoms with van der Waals surface area (Å²) in [7, 11) is -1.49. The summed E-state index contributed by atoms with van der Waals surface area (Å²) in [6.45, 7) is 1.19. The first-order chi connectivity index (χ1) is 9.29. The lowest BCUT2D eigenvalue weighted by atomic mass is 10.2. The molecule has 0 spiro atoms. The molecule has 0 bridgehead atoms. The van der Waals surface area contributed by atoms with Gasteiger partial charge in [-0.25, -0.2) is 9.18 Å². The van der Waals surface area contributed by atoms with Crippen LogP contribution in [0, 0.1) is 5.82 Å². The molecule has 1 aromatic carbocycles. The Hall–Kier alpha value is -1.28. The van der Waals surface area contributed by atoms with Gasteiger partial charge in [0.2, 0.25) is 5.91 Å². The molecule has 0 aliphatic carbocycles. The van der Waals surface area contributed by atoms with E-state index in [0.29, 0.717) is 5.56 Å². The highest BCUT2D eigenvalue weighted by atomic mass is 79.9. The molecule has 0 aliphatic rings. The standard InChI is InChI=1S/C12H13BrFNO4S/c1-7(16)15-11(12(17)18)6-20(19)5-8-2-3-10(14)9(13)4-8/h2-4,11H,5-6H2,1H3,(H,15,16)(H,17,18)/t11-,20?/m0/s1. The molecule has 1 rings (SSSR count). The maximum absolute atomic E-state index is 13.0. The van der Waals surface area contributed by atoms with Crippen LogP contribution in [0.25, 0.3) is 0 Å². The van der Waals surface area contributed by atoms with E-state index in [0.717, 1.165) is 0 Å². The molecule has 1 amide bonds. The number of hydrogen-bond acceptors (Lipinski definition) is 3. The quantitative estimate of drug-likeness (QED) is 0.798. The molecule has 0 fully saturated rings. The van der Waals surface area contributed by atoms with Gasteiger partial charge in [0.25, 0.3) is 0 Å². The van der Waals surface area contributed by atoms with Gasteiger partial charge in [-0.15, -0.1) is 0 Å². The number of hydrogen-bond donors (Lipinski definition) is 2. The molecule has 0 aromatic heterocycles. The highest BCUT2D eigenvalue weighted by Crippen LogP contribution is 2.18. The number of halogens is 2. The summed E-state index contributed by atoms with van der Waals surface area (Å²) >= 11 is 3.02. The predicted octanol–water partition coefficient (Wildman–Crippen LogP) is 1.43. The molecule has 8 heteroatoms. The minimum atomic E-state index is -1.49. The van der Waals surface area contributed by atoms with Crippen molar-refractivity contribution in [3.8, 4) is 0 Å². The molecule has 20 heavy (non-hydrogen) atoms. The Labute approximate surface area is 126 Å². The van der Waals surface area contributed by atoms with Gasteiger partial charge in [-0.2, -0.15) is 0 Å². The van der Waals surface area contributed by atoms with Crippen LogP contribution in [0.4, 0.5) is 4.39 Å². The second-order valence-electron chi connectivity index (χ2n) is 4.09. The minimum absolute atomic E-state index is 0.0856. The average molecular weight is 366 g/mol. The zero-order valence-corrected chi connectivity index (χ0v) is 13.0. The monoisotopic (exact) mass is 365 g/mol. The molecule has 2 atom stereocenters. The Kier molecular flexibility index (Phi) is 6.28. The van der Waals surface area contributed by atoms with Crippen LogP contribution in [-0.4, -0.2) is 33.0 Å². The first-order valence-electron chi connectivity index (χ1n) is 5.58. The van der Waals surface area contributed by atoms with Gasteiger partial charge in [0.05, 0.1) is 10.2 Å². The second kappa shape index (κ2) is 7.49. The summed E-state index contributed by atoms with van der Waals surface area (Å²) < 4.78 is 25.2. The molecular formula is C12H13BrFNO4S. The Balaban J connectivity index is 2.67. The summed E-state index contributed by atoms with van der Waals surface area (Å²) in [5.74, 6) is -2.29. The maximum atomic E-state index is 13.0. The fraction of sp³-hybridized carbons (Fsp3) is 0.333. The van der Waals surface area contributed by atoms with Crippen LogP contribution < -0.4 is 5.32 Å². The lowest BCUT2D eigenvalue weighted by molar-refractivity contribution is -0.140. The van der Waals surface area contributed by atoms with Crippen molar-refractivity contribution in [3.63, 3.8) is 0 Å². The molecule has 0 radical (unpaired) electrons. The number of amides is 1. The van der Waals surface area contributed by atoms with Crippen LogP contribution in [0.5, 0.6) is 0 Å². The summed E-state index contributed by atoms with van der Waals surface area (Å²) in [6.07, 6.45) is 0. The van der Waals surface area contributed by atoms with E-state index in [-0.39, 0.29) is 16.0 Å². The van der Waals surface area contributed by atoms with Gasteiger partial charge >= 0.3 is 5.97 Å². The van der Waals surface area contributed by atoms with Crippen LogP contribution in [0.1, 0.15) is 12.5 Å². The molecule has 0 saturated heterocycles. The molecule has 0 aliphatic heterocycles. The van der Waals surface area contributed by atoms with Gasteiger partial charge in [-0.3, -0.25) is 9.00 Å². The smallest absolute Gasteiger partial charge is 0.327 e. The van der Waals surface area contributed by atoms with E-state index in [9.17, 15) is 18.2 Å². The number of carboxylic acids is 1. The summed E-state index contributed by atoms with van der Waals surface area (Å²) in [6, 6.07) is 3.00. The fourth-order valence-corrected chi connectivity index (χ4v) is 3.17. The zero-order valence-electron chi connectivity index (χ0n) is 10.6. The molecule has 1 unspecified atom stereocenters. The van der Waals surface area contributed by atoms with Crippen molar-refractivity contribution >= 4 is 38.6 Å². The van der Waals surface area contributed by atoms with Crippen molar-refractivity contribution in [1.82, 2.24) is 5.32 Å². The third-order valence-corrected chi connectivity index (χ3v) is 4.31. The van der Waals surface area contributed by atoms with Gasteiger partial charge in [-0.1, -0.05) is 6.07 Å². The normalized spacial score (nSPS) is 13.6. The first-order valence-corrected chi connectivity index (χ1v) is 7.86. The van der Waals surface area contributed by atoms with Crippen molar-refractivity contribution in [2.24, 2.45) is 0 Å². The molecule has 0 saturated carbocycles. The molecular weight excluding hydrogens is 353 g/mol. The van der Waals surface area contributed by atoms with E-state index in [1.165, 1.54) is 25.1 Å². The van der Waals surface area contributed by atoms with E-state index in [1.807, 2.05) is 0 Å². The van der Waals surface area contributed by atoms with E-state index in [2.05, 4.69) is 21.2 Å². The zero-order chi connectivity index (χ0) is 15.3. The van der Waals surface area contributed by atoms with Crippen molar-refractivity contribution in [3.05, 3.63) is 34.1 Å². The van der Waals surface area contributed by atoms with E-state index in [1.54, 1.807) is 0 Å². The predicted molar refractivity (Wildman–Crippen MR) is 76.1 cm³/mol. The summed E-state index contributed by atoms with van der Waals surface area (Å²) in [4.78, 5) is 21.8. The van der Waals surface area contributed by atoms with Crippen LogP contribution in [0.2, 0.25) is 0 Å². The first kappa shape index (κ1) is 16.8. The van der Waals surface area contributed by atoms with Crippen molar-refractivity contribution in [2.75, 3.05) is 5.75 Å². The number of benzene rings is 1. The van der Waals surface area contributed by atoms with Crippen LogP contribution in [-0.2, 0) is 26.1 Å². The van der Waals surface area contributed by atoms with Crippen molar-refractivity contribution < 1.29 is 23.3 Å². The van der Waals surface area contributed by atoms with Crippen molar-refractivity contribution in [1.29, 1.82) is 0 Å². The van der Waals surface area contributed by atoms with Gasteiger partial charge in [-0.05, 0) is 33.6 Å². The third-order valence-electron chi connectivity index (χ3n) is 2.34.